The molecule has 4 saturated carbocycles. The Morgan fingerprint density at radius 3 is 2.37 bits per heavy atom. The third kappa shape index (κ3) is 7.41. The van der Waals surface area contributed by atoms with E-state index in [2.05, 4.69) is 63.7 Å². The van der Waals surface area contributed by atoms with Gasteiger partial charge in [0.15, 0.2) is 0 Å². The third-order valence-electron chi connectivity index (χ3n) is 15.7. The third-order valence-corrected chi connectivity index (χ3v) is 15.7. The zero-order valence-corrected chi connectivity index (χ0v) is 33.7. The fourth-order valence-corrected chi connectivity index (χ4v) is 12.7. The van der Waals surface area contributed by atoms with Crippen molar-refractivity contribution in [1.29, 1.82) is 0 Å². The van der Waals surface area contributed by atoms with Crippen LogP contribution in [0.4, 0.5) is 0 Å². The normalized spacial score (nSPS) is 34.1. The van der Waals surface area contributed by atoms with Gasteiger partial charge in [-0.15, -0.1) is 6.58 Å². The van der Waals surface area contributed by atoms with Crippen LogP contribution in [0, 0.1) is 51.2 Å². The monoisotopic (exact) mass is 739 g/mol. The van der Waals surface area contributed by atoms with E-state index in [-0.39, 0.29) is 52.2 Å². The Hall–Kier alpha value is -3.52. The number of fused-ring (bicyclic) bond motifs is 5. The molecule has 0 bridgehead atoms. The number of benzene rings is 1. The number of carboxylic acid groups (broad SMARTS) is 1. The van der Waals surface area contributed by atoms with E-state index in [1.165, 1.54) is 43.5 Å². The largest absolute Gasteiger partial charge is 0.478 e. The van der Waals surface area contributed by atoms with Crippen LogP contribution >= 0.6 is 0 Å². The number of hydrogen-bond donors (Lipinski definition) is 4. The van der Waals surface area contributed by atoms with Crippen LogP contribution < -0.4 is 10.6 Å². The second-order valence-electron chi connectivity index (χ2n) is 18.9. The van der Waals surface area contributed by atoms with Crippen LogP contribution in [0.1, 0.15) is 144 Å². The summed E-state index contributed by atoms with van der Waals surface area (Å²) in [5, 5.41) is 26.4. The minimum absolute atomic E-state index is 0.0493. The van der Waals surface area contributed by atoms with E-state index in [9.17, 15) is 19.5 Å². The summed E-state index contributed by atoms with van der Waals surface area (Å²) in [6, 6.07) is 10.6. The van der Waals surface area contributed by atoms with Crippen LogP contribution in [0.15, 0.2) is 54.7 Å². The van der Waals surface area contributed by atoms with Crippen molar-refractivity contribution in [2.24, 2.45) is 51.2 Å². The quantitative estimate of drug-likeness (QED) is 0.161. The lowest BCUT2D eigenvalue weighted by atomic mass is 9.36. The molecule has 2 aromatic rings. The Balaban J connectivity index is 1.11. The molecule has 0 saturated heterocycles. The summed E-state index contributed by atoms with van der Waals surface area (Å²) in [6.07, 6.45) is 13.4. The first kappa shape index (κ1) is 40.2. The van der Waals surface area contributed by atoms with Gasteiger partial charge in [-0.3, -0.25) is 14.6 Å². The maximum Gasteiger partial charge on any atom is 0.337 e. The highest BCUT2D eigenvalue weighted by molar-refractivity contribution is 5.94. The van der Waals surface area contributed by atoms with E-state index < -0.39 is 11.4 Å². The summed E-state index contributed by atoms with van der Waals surface area (Å²) in [5.41, 5.74) is 3.42. The number of nitrogens with one attached hydrogen (secondary N) is 2. The summed E-state index contributed by atoms with van der Waals surface area (Å²) in [4.78, 5) is 42.8. The Kier molecular flexibility index (Phi) is 11.6. The first-order valence-electron chi connectivity index (χ1n) is 20.7. The molecule has 4 N–H and O–H groups in total. The Labute approximate surface area is 323 Å². The molecule has 4 aliphatic rings. The summed E-state index contributed by atoms with van der Waals surface area (Å²) in [7, 11) is 0. The van der Waals surface area contributed by atoms with E-state index in [4.69, 9.17) is 5.11 Å². The minimum Gasteiger partial charge on any atom is -0.478 e. The smallest absolute Gasteiger partial charge is 0.337 e. The fourth-order valence-electron chi connectivity index (χ4n) is 12.7. The van der Waals surface area contributed by atoms with Gasteiger partial charge in [0.25, 0.3) is 5.91 Å². The van der Waals surface area contributed by atoms with Crippen LogP contribution in [-0.4, -0.2) is 45.6 Å². The van der Waals surface area contributed by atoms with Crippen molar-refractivity contribution in [3.05, 3.63) is 77.1 Å². The average molecular weight is 740 g/mol. The summed E-state index contributed by atoms with van der Waals surface area (Å²) >= 11 is 0. The van der Waals surface area contributed by atoms with Gasteiger partial charge in [-0.1, -0.05) is 52.3 Å². The SMILES string of the molecule is C=C(C)CCCC1(C(=O)NCCc2cccc(C(=O)NCc3ccc(C(=O)O)cn3)c2)CCC2C(CCC3C2(C)CCC2C(C)(C)C(O)CCC23C)C1C. The molecule has 54 heavy (non-hydrogen) atoms. The predicted octanol–water partition coefficient (Wildman–Crippen LogP) is 8.78. The molecule has 1 aromatic heterocycles. The molecular formula is C46H65N3O5. The van der Waals surface area contributed by atoms with Crippen LogP contribution in [0.2, 0.25) is 0 Å². The van der Waals surface area contributed by atoms with E-state index in [0.29, 0.717) is 47.9 Å². The second kappa shape index (κ2) is 15.5. The number of aliphatic hydroxyl groups excluding tert-OH is 1. The maximum absolute atomic E-state index is 14.6. The molecule has 8 nitrogen and oxygen atoms in total. The molecule has 2 amide bonds. The summed E-state index contributed by atoms with van der Waals surface area (Å²) < 4.78 is 0. The molecule has 9 atom stereocenters. The molecule has 0 radical (unpaired) electrons. The molecule has 1 heterocycles. The molecule has 4 fully saturated rings. The highest BCUT2D eigenvalue weighted by Gasteiger charge is 2.65. The van der Waals surface area contributed by atoms with Crippen molar-refractivity contribution >= 4 is 17.8 Å². The summed E-state index contributed by atoms with van der Waals surface area (Å²) in [6.45, 7) is 19.2. The number of carboxylic acids is 1. The van der Waals surface area contributed by atoms with Gasteiger partial charge >= 0.3 is 5.97 Å². The molecule has 0 aliphatic heterocycles. The number of hydrogen-bond acceptors (Lipinski definition) is 5. The van der Waals surface area contributed by atoms with Crippen molar-refractivity contribution in [2.75, 3.05) is 6.54 Å². The number of aliphatic hydroxyl groups is 1. The molecule has 4 aliphatic carbocycles. The highest BCUT2D eigenvalue weighted by Crippen LogP contribution is 2.72. The van der Waals surface area contributed by atoms with Crippen molar-refractivity contribution in [1.82, 2.24) is 15.6 Å². The van der Waals surface area contributed by atoms with Crippen molar-refractivity contribution in [2.45, 2.75) is 131 Å². The van der Waals surface area contributed by atoms with Gasteiger partial charge in [0.05, 0.1) is 29.3 Å². The molecule has 294 valence electrons. The number of allylic oxidation sites excluding steroid dienone is 1. The van der Waals surface area contributed by atoms with E-state index in [1.807, 2.05) is 18.2 Å². The number of carbonyl (C=O) groups excluding carboxylic acids is 2. The topological polar surface area (TPSA) is 129 Å². The molecule has 1 aromatic carbocycles. The molecular weight excluding hydrogens is 675 g/mol. The van der Waals surface area contributed by atoms with E-state index >= 15 is 0 Å². The number of aromatic nitrogens is 1. The van der Waals surface area contributed by atoms with Gasteiger partial charge in [0.2, 0.25) is 5.91 Å². The standard InChI is InChI=1S/C46H65N3O5/c1-29(2)10-9-21-46(42(54)47-25-20-31-11-8-12-32(26-31)40(51)49-28-34-14-13-33(27-48-34)41(52)53)24-17-36-35(30(46)3)15-16-38-44(36,6)22-18-37-43(4,5)39(50)19-23-45(37,38)7/h8,11-14,26-27,30,35-39,50H,1,9-10,15-25,28H2,2-7H3,(H,47,54)(H,49,51)(H,52,53). The van der Waals surface area contributed by atoms with Crippen LogP contribution in [-0.2, 0) is 17.8 Å². The first-order chi connectivity index (χ1) is 25.5. The zero-order chi connectivity index (χ0) is 39.1. The molecule has 9 unspecified atom stereocenters. The number of rotatable bonds is 12. The molecule has 0 spiro atoms. The van der Waals surface area contributed by atoms with Gasteiger partial charge < -0.3 is 20.8 Å². The number of nitrogens with zero attached hydrogens (tertiary/aromatic N) is 1. The Bertz CT molecular complexity index is 1720. The number of aromatic carboxylic acids is 1. The van der Waals surface area contributed by atoms with Gasteiger partial charge in [-0.05, 0) is 160 Å². The molecule has 6 rings (SSSR count). The summed E-state index contributed by atoms with van der Waals surface area (Å²) in [5.74, 6) is 1.56. The van der Waals surface area contributed by atoms with Crippen molar-refractivity contribution < 1.29 is 24.6 Å². The zero-order valence-electron chi connectivity index (χ0n) is 33.7. The first-order valence-corrected chi connectivity index (χ1v) is 20.7. The lowest BCUT2D eigenvalue weighted by molar-refractivity contribution is -0.215. The fraction of sp³-hybridized carbons (Fsp3) is 0.652. The average Bonchev–Trinajstić information content (AvgIpc) is 3.13. The van der Waals surface area contributed by atoms with Crippen molar-refractivity contribution in [3.63, 3.8) is 0 Å². The van der Waals surface area contributed by atoms with Gasteiger partial charge in [0, 0.05) is 18.3 Å². The van der Waals surface area contributed by atoms with Gasteiger partial charge in [-0.25, -0.2) is 4.79 Å². The van der Waals surface area contributed by atoms with Crippen LogP contribution in [0.5, 0.6) is 0 Å². The molecule has 8 heteroatoms. The Morgan fingerprint density at radius 2 is 1.67 bits per heavy atom. The Morgan fingerprint density at radius 1 is 0.907 bits per heavy atom. The second-order valence-corrected chi connectivity index (χ2v) is 18.9. The van der Waals surface area contributed by atoms with Crippen molar-refractivity contribution in [3.8, 4) is 0 Å². The predicted molar refractivity (Wildman–Crippen MR) is 213 cm³/mol. The minimum atomic E-state index is -1.04. The van der Waals surface area contributed by atoms with E-state index in [0.717, 1.165) is 50.5 Å². The van der Waals surface area contributed by atoms with Crippen LogP contribution in [0.25, 0.3) is 0 Å². The van der Waals surface area contributed by atoms with Crippen LogP contribution in [0.3, 0.4) is 0 Å². The number of amides is 2. The number of pyridine rings is 1. The lowest BCUT2D eigenvalue weighted by Gasteiger charge is -2.69. The lowest BCUT2D eigenvalue weighted by Crippen LogP contribution is -2.64. The van der Waals surface area contributed by atoms with Gasteiger partial charge in [0.1, 0.15) is 0 Å². The highest BCUT2D eigenvalue weighted by atomic mass is 16.4. The van der Waals surface area contributed by atoms with E-state index in [1.54, 1.807) is 12.1 Å². The number of carbonyl (C=O) groups is 3. The maximum atomic E-state index is 14.6. The van der Waals surface area contributed by atoms with Gasteiger partial charge in [-0.2, -0.15) is 0 Å².